The lowest BCUT2D eigenvalue weighted by Crippen LogP contribution is -2.38. The Balaban J connectivity index is 1.63. The van der Waals surface area contributed by atoms with Crippen molar-refractivity contribution in [2.45, 2.75) is 40.7 Å². The summed E-state index contributed by atoms with van der Waals surface area (Å²) in [4.78, 5) is 32.4. The fourth-order valence-electron chi connectivity index (χ4n) is 3.94. The summed E-state index contributed by atoms with van der Waals surface area (Å²) in [6, 6.07) is 17.0. The van der Waals surface area contributed by atoms with E-state index in [1.807, 2.05) is 61.9 Å². The molecule has 0 unspecified atom stereocenters. The Bertz CT molecular complexity index is 1370. The van der Waals surface area contributed by atoms with Crippen LogP contribution in [0.25, 0.3) is 16.9 Å². The van der Waals surface area contributed by atoms with Crippen molar-refractivity contribution in [2.24, 2.45) is 5.92 Å². The number of imidazole rings is 1. The summed E-state index contributed by atoms with van der Waals surface area (Å²) in [6.07, 6.45) is 3.78. The Kier molecular flexibility index (Phi) is 8.14. The van der Waals surface area contributed by atoms with Gasteiger partial charge in [0.25, 0.3) is 0 Å². The van der Waals surface area contributed by atoms with Gasteiger partial charge in [0.2, 0.25) is 17.8 Å². The van der Waals surface area contributed by atoms with Crippen molar-refractivity contribution in [1.82, 2.24) is 14.5 Å². The molecule has 1 N–H and O–H groups in total. The molecule has 0 aliphatic heterocycles. The number of furan rings is 1. The molecule has 37 heavy (non-hydrogen) atoms. The number of hydrogen-bond donors (Lipinski definition) is 1. The number of anilines is 1. The Morgan fingerprint density at radius 1 is 1.08 bits per heavy atom. The number of amides is 2. The first-order chi connectivity index (χ1) is 17.7. The molecular formula is C29H31ClN4O3. The standard InChI is InChI=1S/C29H31ClN4O3/c1-19(2)14-28(36)33(16-25-6-5-13-37-25)18-27(35)32-29-31-26(22-8-10-23(30)11-9-22)17-34(29)24-12-7-20(3)21(4)15-24/h5-13,15,17,19H,14,16,18H2,1-4H3,(H,31,32,35). The summed E-state index contributed by atoms with van der Waals surface area (Å²) in [5.41, 5.74) is 4.72. The Morgan fingerprint density at radius 3 is 2.49 bits per heavy atom. The van der Waals surface area contributed by atoms with E-state index in [0.29, 0.717) is 28.8 Å². The molecular weight excluding hydrogens is 488 g/mol. The summed E-state index contributed by atoms with van der Waals surface area (Å²) in [6.45, 7) is 8.14. The van der Waals surface area contributed by atoms with E-state index in [9.17, 15) is 9.59 Å². The van der Waals surface area contributed by atoms with Crippen LogP contribution in [0.15, 0.2) is 71.5 Å². The van der Waals surface area contributed by atoms with Gasteiger partial charge in [-0.2, -0.15) is 0 Å². The zero-order chi connectivity index (χ0) is 26.5. The molecule has 8 heteroatoms. The van der Waals surface area contributed by atoms with E-state index in [-0.39, 0.29) is 30.8 Å². The highest BCUT2D eigenvalue weighted by Gasteiger charge is 2.21. The maximum absolute atomic E-state index is 13.2. The average molecular weight is 519 g/mol. The van der Waals surface area contributed by atoms with Gasteiger partial charge in [-0.1, -0.05) is 43.6 Å². The van der Waals surface area contributed by atoms with Crippen LogP contribution in [0.1, 0.15) is 37.2 Å². The van der Waals surface area contributed by atoms with Crippen LogP contribution in [-0.4, -0.2) is 32.8 Å². The third kappa shape index (κ3) is 6.68. The topological polar surface area (TPSA) is 80.4 Å². The van der Waals surface area contributed by atoms with E-state index >= 15 is 0 Å². The molecule has 7 nitrogen and oxygen atoms in total. The molecule has 0 radical (unpaired) electrons. The van der Waals surface area contributed by atoms with E-state index in [1.54, 1.807) is 30.5 Å². The zero-order valence-electron chi connectivity index (χ0n) is 21.5. The fraction of sp³-hybridized carbons (Fsp3) is 0.276. The van der Waals surface area contributed by atoms with E-state index in [1.165, 1.54) is 10.5 Å². The fourth-order valence-corrected chi connectivity index (χ4v) is 4.07. The monoisotopic (exact) mass is 518 g/mol. The van der Waals surface area contributed by atoms with Crippen LogP contribution in [0.3, 0.4) is 0 Å². The quantitative estimate of drug-likeness (QED) is 0.277. The van der Waals surface area contributed by atoms with Crippen LogP contribution < -0.4 is 5.32 Å². The van der Waals surface area contributed by atoms with Crippen LogP contribution in [0.4, 0.5) is 5.95 Å². The molecule has 0 fully saturated rings. The van der Waals surface area contributed by atoms with Gasteiger partial charge in [-0.25, -0.2) is 4.98 Å². The highest BCUT2D eigenvalue weighted by Crippen LogP contribution is 2.26. The third-order valence-corrected chi connectivity index (χ3v) is 6.31. The second kappa shape index (κ2) is 11.5. The minimum absolute atomic E-state index is 0.110. The van der Waals surface area contributed by atoms with Crippen molar-refractivity contribution >= 4 is 29.4 Å². The second-order valence-corrected chi connectivity index (χ2v) is 10.0. The number of halogens is 1. The van der Waals surface area contributed by atoms with E-state index in [4.69, 9.17) is 21.0 Å². The first-order valence-electron chi connectivity index (χ1n) is 12.2. The molecule has 0 saturated heterocycles. The minimum Gasteiger partial charge on any atom is -0.467 e. The summed E-state index contributed by atoms with van der Waals surface area (Å²) >= 11 is 6.07. The van der Waals surface area contributed by atoms with E-state index in [2.05, 4.69) is 12.2 Å². The van der Waals surface area contributed by atoms with Crippen LogP contribution >= 0.6 is 11.6 Å². The molecule has 192 valence electrons. The molecule has 4 rings (SSSR count). The van der Waals surface area contributed by atoms with Gasteiger partial charge in [0.15, 0.2) is 0 Å². The molecule has 2 heterocycles. The molecule has 2 aromatic carbocycles. The van der Waals surface area contributed by atoms with Crippen LogP contribution in [0, 0.1) is 19.8 Å². The number of carbonyl (C=O) groups excluding carboxylic acids is 2. The molecule has 0 spiro atoms. The molecule has 0 aliphatic carbocycles. The predicted molar refractivity (Wildman–Crippen MR) is 146 cm³/mol. The summed E-state index contributed by atoms with van der Waals surface area (Å²) < 4.78 is 7.27. The smallest absolute Gasteiger partial charge is 0.246 e. The number of aromatic nitrogens is 2. The Labute approximate surface area is 222 Å². The van der Waals surface area contributed by atoms with Crippen molar-refractivity contribution in [2.75, 3.05) is 11.9 Å². The molecule has 0 aliphatic rings. The number of carbonyl (C=O) groups is 2. The van der Waals surface area contributed by atoms with Crippen LogP contribution in [0.2, 0.25) is 5.02 Å². The minimum atomic E-state index is -0.345. The first-order valence-corrected chi connectivity index (χ1v) is 12.6. The number of nitrogens with one attached hydrogen (secondary N) is 1. The largest absolute Gasteiger partial charge is 0.467 e. The third-order valence-electron chi connectivity index (χ3n) is 6.06. The molecule has 4 aromatic rings. The Morgan fingerprint density at radius 2 is 1.84 bits per heavy atom. The van der Waals surface area contributed by atoms with Crippen molar-refractivity contribution < 1.29 is 14.0 Å². The van der Waals surface area contributed by atoms with Gasteiger partial charge in [-0.3, -0.25) is 19.5 Å². The normalized spacial score (nSPS) is 11.1. The lowest BCUT2D eigenvalue weighted by molar-refractivity contribution is -0.136. The highest BCUT2D eigenvalue weighted by atomic mass is 35.5. The lowest BCUT2D eigenvalue weighted by Gasteiger charge is -2.22. The molecule has 0 bridgehead atoms. The summed E-state index contributed by atoms with van der Waals surface area (Å²) in [5.74, 6) is 0.696. The van der Waals surface area contributed by atoms with E-state index in [0.717, 1.165) is 16.8 Å². The predicted octanol–water partition coefficient (Wildman–Crippen LogP) is 6.42. The maximum Gasteiger partial charge on any atom is 0.246 e. The first kappa shape index (κ1) is 26.2. The number of hydrogen-bond acceptors (Lipinski definition) is 4. The average Bonchev–Trinajstić information content (AvgIpc) is 3.51. The Hall–Kier alpha value is -3.84. The van der Waals surface area contributed by atoms with Gasteiger partial charge in [0.05, 0.1) is 18.5 Å². The molecule has 0 saturated carbocycles. The van der Waals surface area contributed by atoms with Gasteiger partial charge >= 0.3 is 0 Å². The lowest BCUT2D eigenvalue weighted by atomic mass is 10.1. The van der Waals surface area contributed by atoms with Crippen LogP contribution in [0.5, 0.6) is 0 Å². The summed E-state index contributed by atoms with van der Waals surface area (Å²) in [5, 5.41) is 3.56. The number of aryl methyl sites for hydroxylation is 2. The van der Waals surface area contributed by atoms with Crippen molar-refractivity contribution in [1.29, 1.82) is 0 Å². The molecule has 2 aromatic heterocycles. The highest BCUT2D eigenvalue weighted by molar-refractivity contribution is 6.30. The van der Waals surface area contributed by atoms with Gasteiger partial charge in [-0.15, -0.1) is 0 Å². The van der Waals surface area contributed by atoms with Crippen molar-refractivity contribution in [3.05, 3.63) is 89.0 Å². The molecule has 0 atom stereocenters. The van der Waals surface area contributed by atoms with Gasteiger partial charge in [0.1, 0.15) is 12.3 Å². The van der Waals surface area contributed by atoms with Crippen molar-refractivity contribution in [3.63, 3.8) is 0 Å². The maximum atomic E-state index is 13.2. The second-order valence-electron chi connectivity index (χ2n) is 9.57. The number of benzene rings is 2. The van der Waals surface area contributed by atoms with Gasteiger partial charge in [-0.05, 0) is 67.3 Å². The SMILES string of the molecule is Cc1ccc(-n2cc(-c3ccc(Cl)cc3)nc2NC(=O)CN(Cc2ccco2)C(=O)CC(C)C)cc1C. The van der Waals surface area contributed by atoms with Crippen LogP contribution in [-0.2, 0) is 16.1 Å². The van der Waals surface area contributed by atoms with Crippen molar-refractivity contribution in [3.8, 4) is 16.9 Å². The number of nitrogens with zero attached hydrogens (tertiary/aromatic N) is 3. The van der Waals surface area contributed by atoms with Gasteiger partial charge < -0.3 is 9.32 Å². The van der Waals surface area contributed by atoms with Gasteiger partial charge in [0, 0.05) is 28.9 Å². The zero-order valence-corrected chi connectivity index (χ0v) is 22.2. The summed E-state index contributed by atoms with van der Waals surface area (Å²) in [7, 11) is 0. The molecule has 2 amide bonds. The number of rotatable bonds is 9. The van der Waals surface area contributed by atoms with E-state index < -0.39 is 0 Å².